The Kier molecular flexibility index (Phi) is 4.14. The number of hydrogen-bond donors (Lipinski definition) is 1. The summed E-state index contributed by atoms with van der Waals surface area (Å²) in [5.74, 6) is 1.44. The van der Waals surface area contributed by atoms with Gasteiger partial charge in [0, 0.05) is 19.5 Å². The fourth-order valence-electron chi connectivity index (χ4n) is 1.86. The van der Waals surface area contributed by atoms with Crippen molar-refractivity contribution in [3.8, 4) is 0 Å². The number of hydrogen-bond acceptors (Lipinski definition) is 2. The third-order valence-electron chi connectivity index (χ3n) is 3.36. The van der Waals surface area contributed by atoms with Gasteiger partial charge in [0.2, 0.25) is 5.91 Å². The van der Waals surface area contributed by atoms with E-state index in [1.807, 2.05) is 18.7 Å². The molecule has 3 heteroatoms. The lowest BCUT2D eigenvalue weighted by atomic mass is 9.95. The molecule has 1 amide bonds. The molecule has 1 heterocycles. The Morgan fingerprint density at radius 3 is 2.40 bits per heavy atom. The van der Waals surface area contributed by atoms with Gasteiger partial charge in [-0.3, -0.25) is 4.79 Å². The number of β-amino-alcohol motifs (C(OH)–C–C–N with tert-alkyl or cyclic N) is 1. The molecule has 0 radical (unpaired) electrons. The van der Waals surface area contributed by atoms with Crippen LogP contribution < -0.4 is 0 Å². The zero-order valence-electron chi connectivity index (χ0n) is 10.2. The van der Waals surface area contributed by atoms with Crippen molar-refractivity contribution in [3.63, 3.8) is 0 Å². The second-order valence-corrected chi connectivity index (χ2v) is 5.32. The monoisotopic (exact) mass is 213 g/mol. The number of carbonyl (C=O) groups excluding carboxylic acids is 1. The molecule has 0 aromatic rings. The van der Waals surface area contributed by atoms with Crippen molar-refractivity contribution >= 4 is 5.91 Å². The van der Waals surface area contributed by atoms with Crippen LogP contribution in [-0.4, -0.2) is 35.1 Å². The minimum absolute atomic E-state index is 0.202. The number of rotatable bonds is 4. The molecule has 15 heavy (non-hydrogen) atoms. The lowest BCUT2D eigenvalue weighted by molar-refractivity contribution is -0.129. The summed E-state index contributed by atoms with van der Waals surface area (Å²) in [5, 5.41) is 9.74. The summed E-state index contributed by atoms with van der Waals surface area (Å²) in [4.78, 5) is 13.5. The Hall–Kier alpha value is -0.570. The largest absolute Gasteiger partial charge is 0.391 e. The standard InChI is InChI=1S/C12H23NO2/c1-8(2)10-5-12(15)13(6-10)7-11(14)9(3)4/h8-11,14H,5-7H2,1-4H3. The molecule has 1 fully saturated rings. The predicted octanol–water partition coefficient (Wildman–Crippen LogP) is 1.51. The molecule has 1 saturated heterocycles. The van der Waals surface area contributed by atoms with Gasteiger partial charge in [-0.1, -0.05) is 27.7 Å². The number of amides is 1. The van der Waals surface area contributed by atoms with Gasteiger partial charge in [0.25, 0.3) is 0 Å². The van der Waals surface area contributed by atoms with E-state index in [1.54, 1.807) is 0 Å². The molecule has 1 N–H and O–H groups in total. The SMILES string of the molecule is CC(C)C(O)CN1CC(C(C)C)CC1=O. The number of carbonyl (C=O) groups is 1. The van der Waals surface area contributed by atoms with E-state index in [9.17, 15) is 9.90 Å². The molecule has 2 atom stereocenters. The number of nitrogens with zero attached hydrogens (tertiary/aromatic N) is 1. The molecular formula is C12H23NO2. The van der Waals surface area contributed by atoms with Gasteiger partial charge in [-0.2, -0.15) is 0 Å². The molecule has 3 nitrogen and oxygen atoms in total. The maximum atomic E-state index is 11.7. The highest BCUT2D eigenvalue weighted by atomic mass is 16.3. The van der Waals surface area contributed by atoms with Gasteiger partial charge in [-0.05, 0) is 17.8 Å². The minimum Gasteiger partial charge on any atom is -0.391 e. The summed E-state index contributed by atoms with van der Waals surface area (Å²) in [6, 6.07) is 0. The summed E-state index contributed by atoms with van der Waals surface area (Å²) in [6.07, 6.45) is 0.266. The van der Waals surface area contributed by atoms with Crippen molar-refractivity contribution in [2.45, 2.75) is 40.2 Å². The van der Waals surface area contributed by atoms with E-state index in [0.29, 0.717) is 24.8 Å². The van der Waals surface area contributed by atoms with Crippen LogP contribution in [0.25, 0.3) is 0 Å². The smallest absolute Gasteiger partial charge is 0.223 e. The van der Waals surface area contributed by atoms with Gasteiger partial charge in [-0.15, -0.1) is 0 Å². The molecule has 0 saturated carbocycles. The van der Waals surface area contributed by atoms with E-state index < -0.39 is 0 Å². The van der Waals surface area contributed by atoms with Crippen LogP contribution in [0.4, 0.5) is 0 Å². The predicted molar refractivity (Wildman–Crippen MR) is 60.4 cm³/mol. The Labute approximate surface area is 92.5 Å². The Morgan fingerprint density at radius 2 is 2.00 bits per heavy atom. The quantitative estimate of drug-likeness (QED) is 0.769. The molecule has 0 spiro atoms. The molecule has 0 bridgehead atoms. The molecule has 1 aliphatic rings. The fraction of sp³-hybridized carbons (Fsp3) is 0.917. The van der Waals surface area contributed by atoms with E-state index in [1.165, 1.54) is 0 Å². The Bertz CT molecular complexity index is 226. The molecule has 88 valence electrons. The van der Waals surface area contributed by atoms with Gasteiger partial charge in [0.1, 0.15) is 0 Å². The number of aliphatic hydroxyl groups excluding tert-OH is 1. The minimum atomic E-state index is -0.389. The fourth-order valence-corrected chi connectivity index (χ4v) is 1.86. The van der Waals surface area contributed by atoms with Crippen LogP contribution >= 0.6 is 0 Å². The molecule has 0 aliphatic carbocycles. The van der Waals surface area contributed by atoms with Crippen molar-refractivity contribution in [1.29, 1.82) is 0 Å². The van der Waals surface area contributed by atoms with Crippen molar-refractivity contribution in [2.24, 2.45) is 17.8 Å². The zero-order chi connectivity index (χ0) is 11.6. The molecular weight excluding hydrogens is 190 g/mol. The van der Waals surface area contributed by atoms with Crippen LogP contribution in [0, 0.1) is 17.8 Å². The zero-order valence-corrected chi connectivity index (χ0v) is 10.2. The topological polar surface area (TPSA) is 40.5 Å². The van der Waals surface area contributed by atoms with Gasteiger partial charge >= 0.3 is 0 Å². The van der Waals surface area contributed by atoms with Crippen LogP contribution in [0.15, 0.2) is 0 Å². The van der Waals surface area contributed by atoms with Crippen molar-refractivity contribution in [2.75, 3.05) is 13.1 Å². The van der Waals surface area contributed by atoms with Crippen LogP contribution in [0.3, 0.4) is 0 Å². The first kappa shape index (κ1) is 12.5. The lowest BCUT2D eigenvalue weighted by Gasteiger charge is -2.23. The molecule has 0 aromatic heterocycles. The second-order valence-electron chi connectivity index (χ2n) is 5.32. The van der Waals surface area contributed by atoms with Crippen LogP contribution in [-0.2, 0) is 4.79 Å². The van der Waals surface area contributed by atoms with Crippen LogP contribution in [0.1, 0.15) is 34.1 Å². The first-order valence-electron chi connectivity index (χ1n) is 5.87. The van der Waals surface area contributed by atoms with E-state index in [0.717, 1.165) is 6.54 Å². The number of aliphatic hydroxyl groups is 1. The molecule has 1 aliphatic heterocycles. The van der Waals surface area contributed by atoms with Crippen molar-refractivity contribution < 1.29 is 9.90 Å². The van der Waals surface area contributed by atoms with E-state index in [2.05, 4.69) is 13.8 Å². The third kappa shape index (κ3) is 3.20. The van der Waals surface area contributed by atoms with E-state index in [4.69, 9.17) is 0 Å². The Balaban J connectivity index is 2.47. The highest BCUT2D eigenvalue weighted by molar-refractivity contribution is 5.78. The summed E-state index contributed by atoms with van der Waals surface area (Å²) in [6.45, 7) is 9.58. The first-order valence-corrected chi connectivity index (χ1v) is 5.87. The van der Waals surface area contributed by atoms with Gasteiger partial charge in [-0.25, -0.2) is 0 Å². The summed E-state index contributed by atoms with van der Waals surface area (Å²) in [7, 11) is 0. The average molecular weight is 213 g/mol. The highest BCUT2D eigenvalue weighted by Crippen LogP contribution is 2.25. The van der Waals surface area contributed by atoms with Crippen LogP contribution in [0.2, 0.25) is 0 Å². The average Bonchev–Trinajstić information content (AvgIpc) is 2.47. The molecule has 1 rings (SSSR count). The Morgan fingerprint density at radius 1 is 1.40 bits per heavy atom. The van der Waals surface area contributed by atoms with Crippen molar-refractivity contribution in [3.05, 3.63) is 0 Å². The van der Waals surface area contributed by atoms with Crippen LogP contribution in [0.5, 0.6) is 0 Å². The molecule has 0 aromatic carbocycles. The normalized spacial score (nSPS) is 24.3. The lowest BCUT2D eigenvalue weighted by Crippen LogP contribution is -2.36. The first-order chi connectivity index (χ1) is 6.91. The second kappa shape index (κ2) is 4.97. The van der Waals surface area contributed by atoms with Gasteiger partial charge in [0.15, 0.2) is 0 Å². The van der Waals surface area contributed by atoms with Gasteiger partial charge < -0.3 is 10.0 Å². The van der Waals surface area contributed by atoms with E-state index in [-0.39, 0.29) is 17.9 Å². The van der Waals surface area contributed by atoms with Crippen molar-refractivity contribution in [1.82, 2.24) is 4.90 Å². The maximum Gasteiger partial charge on any atom is 0.223 e. The molecule has 2 unspecified atom stereocenters. The highest BCUT2D eigenvalue weighted by Gasteiger charge is 2.32. The summed E-state index contributed by atoms with van der Waals surface area (Å²) >= 11 is 0. The number of likely N-dealkylation sites (tertiary alicyclic amines) is 1. The third-order valence-corrected chi connectivity index (χ3v) is 3.36. The maximum absolute atomic E-state index is 11.7. The van der Waals surface area contributed by atoms with Gasteiger partial charge in [0.05, 0.1) is 6.10 Å². The summed E-state index contributed by atoms with van der Waals surface area (Å²) in [5.41, 5.74) is 0. The summed E-state index contributed by atoms with van der Waals surface area (Å²) < 4.78 is 0. The van der Waals surface area contributed by atoms with E-state index >= 15 is 0 Å².